The Kier molecular flexibility index (Phi) is 7.06. The van der Waals surface area contributed by atoms with Gasteiger partial charge in [0.1, 0.15) is 5.69 Å². The number of nitrogens with one attached hydrogen (secondary N) is 1. The van der Waals surface area contributed by atoms with E-state index >= 15 is 0 Å². The Balaban J connectivity index is 1.84. The number of hydrogen-bond donors (Lipinski definition) is 1. The molecule has 1 unspecified atom stereocenters. The molecule has 0 radical (unpaired) electrons. The van der Waals surface area contributed by atoms with Crippen LogP contribution in [0.25, 0.3) is 0 Å². The smallest absolute Gasteiger partial charge is 0.293 e. The van der Waals surface area contributed by atoms with E-state index in [2.05, 4.69) is 5.32 Å². The normalized spacial score (nSPS) is 16.4. The molecule has 1 atom stereocenters. The van der Waals surface area contributed by atoms with Gasteiger partial charge in [-0.3, -0.25) is 10.1 Å². The molecule has 0 spiro atoms. The van der Waals surface area contributed by atoms with Crippen molar-refractivity contribution < 1.29 is 13.3 Å². The maximum Gasteiger partial charge on any atom is 0.293 e. The average Bonchev–Trinajstić information content (AvgIpc) is 2.75. The number of rotatable bonds is 8. The minimum Gasteiger partial charge on any atom is -0.378 e. The van der Waals surface area contributed by atoms with Gasteiger partial charge in [0.05, 0.1) is 15.9 Å². The summed E-state index contributed by atoms with van der Waals surface area (Å²) in [7, 11) is 0.163. The second-order valence-corrected chi connectivity index (χ2v) is 9.61. The van der Waals surface area contributed by atoms with Gasteiger partial charge in [-0.15, -0.1) is 0 Å². The maximum absolute atomic E-state index is 12.9. The largest absolute Gasteiger partial charge is 0.378 e. The molecule has 2 aromatic rings. The zero-order valence-corrected chi connectivity index (χ0v) is 18.1. The summed E-state index contributed by atoms with van der Waals surface area (Å²) in [6.45, 7) is 1.35. The quantitative estimate of drug-likeness (QED) is 0.507. The van der Waals surface area contributed by atoms with Crippen LogP contribution in [0.4, 0.5) is 11.4 Å². The van der Waals surface area contributed by atoms with Gasteiger partial charge in [-0.25, -0.2) is 8.42 Å². The van der Waals surface area contributed by atoms with Crippen LogP contribution in [0.2, 0.25) is 0 Å². The van der Waals surface area contributed by atoms with E-state index < -0.39 is 14.9 Å². The van der Waals surface area contributed by atoms with E-state index in [4.69, 9.17) is 0 Å². The lowest BCUT2D eigenvalue weighted by molar-refractivity contribution is -0.384. The summed E-state index contributed by atoms with van der Waals surface area (Å²) in [6.07, 6.45) is 2.63. The molecule has 3 rings (SSSR count). The van der Waals surface area contributed by atoms with Crippen molar-refractivity contribution in [1.82, 2.24) is 9.21 Å². The summed E-state index contributed by atoms with van der Waals surface area (Å²) in [5.41, 5.74) is 1.15. The fourth-order valence-corrected chi connectivity index (χ4v) is 5.24. The molecule has 0 saturated carbocycles. The van der Waals surface area contributed by atoms with E-state index in [1.54, 1.807) is 0 Å². The van der Waals surface area contributed by atoms with Gasteiger partial charge in [0, 0.05) is 25.7 Å². The van der Waals surface area contributed by atoms with Crippen molar-refractivity contribution in [1.29, 1.82) is 0 Å². The molecule has 1 heterocycles. The predicted molar refractivity (Wildman–Crippen MR) is 117 cm³/mol. The van der Waals surface area contributed by atoms with Crippen molar-refractivity contribution >= 4 is 21.4 Å². The number of hydrogen-bond acceptors (Lipinski definition) is 6. The van der Waals surface area contributed by atoms with Gasteiger partial charge in [-0.05, 0) is 44.6 Å². The van der Waals surface area contributed by atoms with Crippen molar-refractivity contribution in [2.45, 2.75) is 30.2 Å². The van der Waals surface area contributed by atoms with Crippen LogP contribution in [0.5, 0.6) is 0 Å². The fraction of sp³-hybridized carbons (Fsp3) is 0.429. The van der Waals surface area contributed by atoms with Crippen molar-refractivity contribution in [3.05, 3.63) is 64.2 Å². The number of anilines is 1. The Labute approximate surface area is 177 Å². The lowest BCUT2D eigenvalue weighted by Gasteiger charge is -2.26. The number of nitro groups is 1. The molecule has 1 N–H and O–H groups in total. The number of sulfonamides is 1. The molecule has 8 nitrogen and oxygen atoms in total. The second kappa shape index (κ2) is 9.55. The number of piperidine rings is 1. The van der Waals surface area contributed by atoms with Crippen molar-refractivity contribution in [3.63, 3.8) is 0 Å². The molecule has 1 saturated heterocycles. The predicted octanol–water partition coefficient (Wildman–Crippen LogP) is 3.48. The Bertz CT molecular complexity index is 974. The minimum absolute atomic E-state index is 0.00237. The zero-order chi connectivity index (χ0) is 21.7. The summed E-state index contributed by atoms with van der Waals surface area (Å²) in [4.78, 5) is 13.1. The van der Waals surface area contributed by atoms with Gasteiger partial charge in [-0.2, -0.15) is 4.31 Å². The molecular weight excluding hydrogens is 404 g/mol. The van der Waals surface area contributed by atoms with Crippen LogP contribution in [0.1, 0.15) is 30.9 Å². The van der Waals surface area contributed by atoms with Crippen molar-refractivity contribution in [2.24, 2.45) is 0 Å². The number of benzene rings is 2. The highest BCUT2D eigenvalue weighted by molar-refractivity contribution is 7.89. The van der Waals surface area contributed by atoms with Gasteiger partial charge in [-0.1, -0.05) is 36.8 Å². The molecule has 0 aliphatic carbocycles. The SMILES string of the molecule is CN(C)C(CNc1ccc(S(=O)(=O)N2CCCCC2)cc1[N+](=O)[O-])c1ccccc1. The summed E-state index contributed by atoms with van der Waals surface area (Å²) >= 11 is 0. The standard InChI is InChI=1S/C21H28N4O4S/c1-23(2)21(17-9-5-3-6-10-17)16-22-19-12-11-18(15-20(19)25(26)27)30(28,29)24-13-7-4-8-14-24/h3,5-6,9-12,15,21-22H,4,7-8,13-14,16H2,1-2H3. The van der Waals surface area contributed by atoms with Gasteiger partial charge >= 0.3 is 0 Å². The van der Waals surface area contributed by atoms with E-state index in [1.807, 2.05) is 49.3 Å². The Morgan fingerprint density at radius 2 is 1.77 bits per heavy atom. The first-order chi connectivity index (χ1) is 14.3. The van der Waals surface area contributed by atoms with E-state index in [9.17, 15) is 18.5 Å². The van der Waals surface area contributed by atoms with Crippen LogP contribution < -0.4 is 5.32 Å². The third-order valence-electron chi connectivity index (χ3n) is 5.41. The number of nitrogens with zero attached hydrogens (tertiary/aromatic N) is 3. The summed E-state index contributed by atoms with van der Waals surface area (Å²) in [5, 5.41) is 14.8. The Hall–Kier alpha value is -2.49. The number of nitro benzene ring substituents is 1. The first-order valence-corrected chi connectivity index (χ1v) is 11.5. The third-order valence-corrected chi connectivity index (χ3v) is 7.31. The maximum atomic E-state index is 12.9. The van der Waals surface area contributed by atoms with Crippen molar-refractivity contribution in [3.8, 4) is 0 Å². The molecule has 1 aliphatic rings. The Morgan fingerprint density at radius 1 is 1.10 bits per heavy atom. The van der Waals surface area contributed by atoms with Crippen LogP contribution in [-0.2, 0) is 10.0 Å². The summed E-state index contributed by atoms with van der Waals surface area (Å²) in [5.74, 6) is 0. The zero-order valence-electron chi connectivity index (χ0n) is 17.3. The first-order valence-electron chi connectivity index (χ1n) is 10.0. The highest BCUT2D eigenvalue weighted by Gasteiger charge is 2.28. The van der Waals surface area contributed by atoms with E-state index in [1.165, 1.54) is 22.5 Å². The lowest BCUT2D eigenvalue weighted by Crippen LogP contribution is -2.35. The van der Waals surface area contributed by atoms with Crippen LogP contribution in [0.15, 0.2) is 53.4 Å². The van der Waals surface area contributed by atoms with E-state index in [0.29, 0.717) is 25.3 Å². The fourth-order valence-electron chi connectivity index (χ4n) is 3.71. The lowest BCUT2D eigenvalue weighted by atomic mass is 10.1. The van der Waals surface area contributed by atoms with E-state index in [-0.39, 0.29) is 16.6 Å². The molecule has 1 fully saturated rings. The van der Waals surface area contributed by atoms with Crippen LogP contribution in [0, 0.1) is 10.1 Å². The Morgan fingerprint density at radius 3 is 2.37 bits per heavy atom. The van der Waals surface area contributed by atoms with Gasteiger partial charge < -0.3 is 10.2 Å². The molecule has 0 amide bonds. The molecule has 0 bridgehead atoms. The van der Waals surface area contributed by atoms with E-state index in [0.717, 1.165) is 24.8 Å². The minimum atomic E-state index is -3.73. The second-order valence-electron chi connectivity index (χ2n) is 7.67. The van der Waals surface area contributed by atoms with Gasteiger partial charge in [0.2, 0.25) is 10.0 Å². The van der Waals surface area contributed by atoms with Crippen LogP contribution in [0.3, 0.4) is 0 Å². The molecule has 2 aromatic carbocycles. The first kappa shape index (κ1) is 22.2. The number of likely N-dealkylation sites (N-methyl/N-ethyl adjacent to an activating group) is 1. The molecule has 30 heavy (non-hydrogen) atoms. The molecule has 162 valence electrons. The van der Waals surface area contributed by atoms with Crippen LogP contribution in [-0.4, -0.2) is 56.3 Å². The molecule has 0 aromatic heterocycles. The van der Waals surface area contributed by atoms with Gasteiger partial charge in [0.15, 0.2) is 0 Å². The molecule has 1 aliphatic heterocycles. The van der Waals surface area contributed by atoms with Crippen LogP contribution >= 0.6 is 0 Å². The highest BCUT2D eigenvalue weighted by Crippen LogP contribution is 2.31. The molecular formula is C21H28N4O4S. The third kappa shape index (κ3) is 4.97. The summed E-state index contributed by atoms with van der Waals surface area (Å²) in [6, 6.07) is 14.0. The van der Waals surface area contributed by atoms with Gasteiger partial charge in [0.25, 0.3) is 5.69 Å². The molecule has 9 heteroatoms. The topological polar surface area (TPSA) is 95.8 Å². The van der Waals surface area contributed by atoms with Crippen molar-refractivity contribution in [2.75, 3.05) is 39.0 Å². The monoisotopic (exact) mass is 432 g/mol. The summed E-state index contributed by atoms with van der Waals surface area (Å²) < 4.78 is 27.2. The highest BCUT2D eigenvalue weighted by atomic mass is 32.2. The average molecular weight is 433 g/mol.